The number of fused-ring (bicyclic) bond motifs is 1. The first-order valence-electron chi connectivity index (χ1n) is 8.92. The van der Waals surface area contributed by atoms with Crippen LogP contribution >= 0.6 is 11.3 Å². The van der Waals surface area contributed by atoms with Gasteiger partial charge in [0.1, 0.15) is 11.1 Å². The highest BCUT2D eigenvalue weighted by molar-refractivity contribution is 7.16. The molecule has 0 radical (unpaired) electrons. The van der Waals surface area contributed by atoms with E-state index in [1.807, 2.05) is 6.92 Å². The standard InChI is InChI=1S/C20H16F2N4OS/c1-2-13-8-11(10-23)20(28-13)24-19(27)18-14-4-3-5-17(14)26(25-18)12-6-7-15(21)16(22)9-12/h6-9H,2-5H2,1H3,(H,24,27). The number of rotatable bonds is 4. The number of benzene rings is 1. The molecule has 1 aliphatic rings. The SMILES string of the molecule is CCc1cc(C#N)c(NC(=O)c2nn(-c3ccc(F)c(F)c3)c3c2CCC3)s1. The number of aromatic nitrogens is 2. The molecule has 0 saturated carbocycles. The first kappa shape index (κ1) is 18.3. The van der Waals surface area contributed by atoms with Crippen LogP contribution in [0.2, 0.25) is 0 Å². The van der Waals surface area contributed by atoms with Gasteiger partial charge in [-0.05, 0) is 43.9 Å². The van der Waals surface area contributed by atoms with Crippen molar-refractivity contribution < 1.29 is 13.6 Å². The number of nitrogens with one attached hydrogen (secondary N) is 1. The molecule has 0 fully saturated rings. The van der Waals surface area contributed by atoms with E-state index < -0.39 is 17.5 Å². The Morgan fingerprint density at radius 3 is 2.86 bits per heavy atom. The molecule has 1 aliphatic carbocycles. The van der Waals surface area contributed by atoms with Crippen molar-refractivity contribution >= 4 is 22.2 Å². The van der Waals surface area contributed by atoms with E-state index in [2.05, 4.69) is 16.5 Å². The number of nitriles is 1. The van der Waals surface area contributed by atoms with Gasteiger partial charge in [-0.1, -0.05) is 6.92 Å². The Morgan fingerprint density at radius 1 is 1.32 bits per heavy atom. The van der Waals surface area contributed by atoms with Crippen molar-refractivity contribution in [2.75, 3.05) is 5.32 Å². The van der Waals surface area contributed by atoms with E-state index in [0.717, 1.165) is 41.1 Å². The van der Waals surface area contributed by atoms with Gasteiger partial charge in [-0.25, -0.2) is 13.5 Å². The van der Waals surface area contributed by atoms with Crippen molar-refractivity contribution in [3.8, 4) is 11.8 Å². The molecule has 0 spiro atoms. The molecule has 0 unspecified atom stereocenters. The lowest BCUT2D eigenvalue weighted by molar-refractivity contribution is 0.102. The van der Waals surface area contributed by atoms with Crippen LogP contribution in [0.15, 0.2) is 24.3 Å². The summed E-state index contributed by atoms with van der Waals surface area (Å²) >= 11 is 1.37. The van der Waals surface area contributed by atoms with Crippen molar-refractivity contribution in [1.29, 1.82) is 5.26 Å². The predicted molar refractivity (Wildman–Crippen MR) is 102 cm³/mol. The minimum absolute atomic E-state index is 0.257. The smallest absolute Gasteiger partial charge is 0.277 e. The highest BCUT2D eigenvalue weighted by Crippen LogP contribution is 2.31. The van der Waals surface area contributed by atoms with E-state index in [9.17, 15) is 18.8 Å². The normalized spacial score (nSPS) is 12.6. The predicted octanol–water partition coefficient (Wildman–Crippen LogP) is 4.39. The zero-order chi connectivity index (χ0) is 19.8. The summed E-state index contributed by atoms with van der Waals surface area (Å²) in [6.07, 6.45) is 3.03. The minimum Gasteiger partial charge on any atom is -0.311 e. The van der Waals surface area contributed by atoms with Crippen LogP contribution in [0, 0.1) is 23.0 Å². The number of hydrogen-bond donors (Lipinski definition) is 1. The molecule has 3 aromatic rings. The van der Waals surface area contributed by atoms with Crippen LogP contribution in [0.3, 0.4) is 0 Å². The van der Waals surface area contributed by atoms with E-state index in [1.54, 1.807) is 6.07 Å². The number of hydrogen-bond acceptors (Lipinski definition) is 4. The van der Waals surface area contributed by atoms with E-state index >= 15 is 0 Å². The number of thiophene rings is 1. The van der Waals surface area contributed by atoms with E-state index in [0.29, 0.717) is 29.1 Å². The van der Waals surface area contributed by atoms with E-state index in [-0.39, 0.29) is 5.69 Å². The van der Waals surface area contributed by atoms with Crippen LogP contribution in [0.25, 0.3) is 5.69 Å². The van der Waals surface area contributed by atoms with Crippen LogP contribution in [0.1, 0.15) is 45.5 Å². The molecule has 2 aromatic heterocycles. The van der Waals surface area contributed by atoms with Gasteiger partial charge in [0, 0.05) is 22.2 Å². The van der Waals surface area contributed by atoms with Gasteiger partial charge in [0.25, 0.3) is 5.91 Å². The van der Waals surface area contributed by atoms with Gasteiger partial charge in [0.2, 0.25) is 0 Å². The van der Waals surface area contributed by atoms with Crippen molar-refractivity contribution in [3.63, 3.8) is 0 Å². The summed E-state index contributed by atoms with van der Waals surface area (Å²) in [4.78, 5) is 13.9. The Kier molecular flexibility index (Phi) is 4.69. The monoisotopic (exact) mass is 398 g/mol. The van der Waals surface area contributed by atoms with Gasteiger partial charge in [0.05, 0.1) is 11.3 Å². The molecule has 0 saturated heterocycles. The number of nitrogens with zero attached hydrogens (tertiary/aromatic N) is 3. The number of aryl methyl sites for hydroxylation is 1. The summed E-state index contributed by atoms with van der Waals surface area (Å²) in [5.74, 6) is -2.30. The number of carbonyl (C=O) groups is 1. The summed E-state index contributed by atoms with van der Waals surface area (Å²) in [6, 6.07) is 7.42. The summed E-state index contributed by atoms with van der Waals surface area (Å²) in [5, 5.41) is 17.0. The van der Waals surface area contributed by atoms with E-state index in [4.69, 9.17) is 0 Å². The van der Waals surface area contributed by atoms with Crippen molar-refractivity contribution in [2.24, 2.45) is 0 Å². The van der Waals surface area contributed by atoms with Crippen molar-refractivity contribution in [2.45, 2.75) is 32.6 Å². The molecule has 5 nitrogen and oxygen atoms in total. The zero-order valence-corrected chi connectivity index (χ0v) is 15.9. The fraction of sp³-hybridized carbons (Fsp3) is 0.250. The summed E-state index contributed by atoms with van der Waals surface area (Å²) in [6.45, 7) is 1.98. The third kappa shape index (κ3) is 3.08. The lowest BCUT2D eigenvalue weighted by Gasteiger charge is -2.06. The van der Waals surface area contributed by atoms with Crippen LogP contribution in [-0.2, 0) is 19.3 Å². The summed E-state index contributed by atoms with van der Waals surface area (Å²) < 4.78 is 28.4. The highest BCUT2D eigenvalue weighted by Gasteiger charge is 2.28. The molecule has 4 rings (SSSR count). The number of carbonyl (C=O) groups excluding carboxylic acids is 1. The van der Waals surface area contributed by atoms with Crippen molar-refractivity contribution in [3.05, 3.63) is 63.3 Å². The molecule has 1 amide bonds. The fourth-order valence-electron chi connectivity index (χ4n) is 3.40. The fourth-order valence-corrected chi connectivity index (χ4v) is 4.35. The van der Waals surface area contributed by atoms with Crippen LogP contribution < -0.4 is 5.32 Å². The van der Waals surface area contributed by atoms with E-state index in [1.165, 1.54) is 22.1 Å². The average Bonchev–Trinajstić information content (AvgIpc) is 3.38. The Hall–Kier alpha value is -3.05. The second-order valence-electron chi connectivity index (χ2n) is 6.51. The zero-order valence-electron chi connectivity index (χ0n) is 15.1. The Morgan fingerprint density at radius 2 is 2.14 bits per heavy atom. The molecular weight excluding hydrogens is 382 g/mol. The molecule has 1 N–H and O–H groups in total. The van der Waals surface area contributed by atoms with Crippen LogP contribution in [-0.4, -0.2) is 15.7 Å². The third-order valence-electron chi connectivity index (χ3n) is 4.77. The Balaban J connectivity index is 1.71. The lowest BCUT2D eigenvalue weighted by atomic mass is 10.2. The van der Waals surface area contributed by atoms with Crippen LogP contribution in [0.4, 0.5) is 13.8 Å². The van der Waals surface area contributed by atoms with Gasteiger partial charge >= 0.3 is 0 Å². The molecule has 0 bridgehead atoms. The van der Waals surface area contributed by atoms with Gasteiger partial charge in [0.15, 0.2) is 17.3 Å². The van der Waals surface area contributed by atoms with Crippen LogP contribution in [0.5, 0.6) is 0 Å². The first-order valence-corrected chi connectivity index (χ1v) is 9.73. The quantitative estimate of drug-likeness (QED) is 0.709. The molecule has 1 aromatic carbocycles. The third-order valence-corrected chi connectivity index (χ3v) is 5.97. The summed E-state index contributed by atoms with van der Waals surface area (Å²) in [5.41, 5.74) is 2.70. The number of halogens is 2. The number of amides is 1. The maximum atomic E-state index is 13.7. The second-order valence-corrected chi connectivity index (χ2v) is 7.65. The molecule has 28 heavy (non-hydrogen) atoms. The maximum Gasteiger partial charge on any atom is 0.277 e. The maximum absolute atomic E-state index is 13.7. The number of anilines is 1. The topological polar surface area (TPSA) is 70.7 Å². The highest BCUT2D eigenvalue weighted by atomic mass is 32.1. The van der Waals surface area contributed by atoms with Gasteiger partial charge in [-0.2, -0.15) is 10.4 Å². The minimum atomic E-state index is -0.963. The van der Waals surface area contributed by atoms with Crippen molar-refractivity contribution in [1.82, 2.24) is 9.78 Å². The Bertz CT molecular complexity index is 1130. The van der Waals surface area contributed by atoms with Gasteiger partial charge in [-0.3, -0.25) is 4.79 Å². The summed E-state index contributed by atoms with van der Waals surface area (Å²) in [7, 11) is 0. The molecule has 142 valence electrons. The Labute approximate surface area is 164 Å². The molecule has 0 aliphatic heterocycles. The van der Waals surface area contributed by atoms with Gasteiger partial charge < -0.3 is 5.32 Å². The molecular formula is C20H16F2N4OS. The largest absolute Gasteiger partial charge is 0.311 e. The molecule has 0 atom stereocenters. The second kappa shape index (κ2) is 7.17. The first-order chi connectivity index (χ1) is 13.5. The molecule has 2 heterocycles. The van der Waals surface area contributed by atoms with Gasteiger partial charge in [-0.15, -0.1) is 11.3 Å². The average molecular weight is 398 g/mol. The molecule has 8 heteroatoms. The lowest BCUT2D eigenvalue weighted by Crippen LogP contribution is -2.14.